The minimum absolute atomic E-state index is 0.0601. The van der Waals surface area contributed by atoms with Gasteiger partial charge >= 0.3 is 0 Å². The van der Waals surface area contributed by atoms with Gasteiger partial charge in [-0.25, -0.2) is 0 Å². The summed E-state index contributed by atoms with van der Waals surface area (Å²) < 4.78 is 11.7. The number of amides is 2. The van der Waals surface area contributed by atoms with Crippen LogP contribution < -0.4 is 25.6 Å². The largest absolute Gasteiger partial charge is 0.484 e. The van der Waals surface area contributed by atoms with E-state index in [9.17, 15) is 9.59 Å². The first kappa shape index (κ1) is 22.5. The van der Waals surface area contributed by atoms with Crippen LogP contribution in [0.2, 0.25) is 0 Å². The lowest BCUT2D eigenvalue weighted by Crippen LogP contribution is -2.50. The highest BCUT2D eigenvalue weighted by molar-refractivity contribution is 9.10. The molecule has 0 atom stereocenters. The zero-order valence-corrected chi connectivity index (χ0v) is 19.0. The number of hydrogen-bond acceptors (Lipinski definition) is 5. The van der Waals surface area contributed by atoms with E-state index in [0.717, 1.165) is 20.8 Å². The van der Waals surface area contributed by atoms with Gasteiger partial charge in [-0.05, 0) is 69.6 Å². The highest BCUT2D eigenvalue weighted by Crippen LogP contribution is 2.32. The lowest BCUT2D eigenvalue weighted by molar-refractivity contribution is -0.124. The summed E-state index contributed by atoms with van der Waals surface area (Å²) in [7, 11) is 0. The highest BCUT2D eigenvalue weighted by atomic mass is 79.9. The number of aryl methyl sites for hydroxylation is 1. The van der Waals surface area contributed by atoms with E-state index in [1.54, 1.807) is 12.1 Å². The van der Waals surface area contributed by atoms with E-state index in [0.29, 0.717) is 11.5 Å². The summed E-state index contributed by atoms with van der Waals surface area (Å²) in [5.74, 6) is 0.203. The van der Waals surface area contributed by atoms with Gasteiger partial charge in [0.25, 0.3) is 11.8 Å². The monoisotopic (exact) mass is 501 g/mol. The molecule has 2 amide bonds. The quantitative estimate of drug-likeness (QED) is 0.354. The van der Waals surface area contributed by atoms with E-state index in [4.69, 9.17) is 21.7 Å². The minimum Gasteiger partial charge on any atom is -0.484 e. The normalized spacial score (nSPS) is 10.3. The summed E-state index contributed by atoms with van der Waals surface area (Å²) in [5, 5.41) is 4.40. The van der Waals surface area contributed by atoms with Gasteiger partial charge in [0.05, 0.1) is 4.47 Å². The van der Waals surface area contributed by atoms with Crippen molar-refractivity contribution < 1.29 is 19.1 Å². The first-order valence-corrected chi connectivity index (χ1v) is 10.5. The number of rotatable bonds is 6. The van der Waals surface area contributed by atoms with E-state index in [1.165, 1.54) is 0 Å². The first-order chi connectivity index (χ1) is 14.9. The molecular formula is C22H20BrN3O4S. The van der Waals surface area contributed by atoms with Crippen LogP contribution in [-0.2, 0) is 9.59 Å². The fourth-order valence-electron chi connectivity index (χ4n) is 2.68. The van der Waals surface area contributed by atoms with Crippen molar-refractivity contribution in [1.29, 1.82) is 0 Å². The average Bonchev–Trinajstić information content (AvgIpc) is 2.76. The Morgan fingerprint density at radius 1 is 0.935 bits per heavy atom. The molecule has 9 heteroatoms. The van der Waals surface area contributed by atoms with Crippen LogP contribution in [0, 0.1) is 6.92 Å². The number of nitrogens with one attached hydrogen (secondary N) is 3. The Hall–Kier alpha value is -3.17. The van der Waals surface area contributed by atoms with Crippen LogP contribution in [0.4, 0.5) is 0 Å². The smallest absolute Gasteiger partial charge is 0.276 e. The Kier molecular flexibility index (Phi) is 7.80. The van der Waals surface area contributed by atoms with Crippen molar-refractivity contribution in [2.24, 2.45) is 0 Å². The summed E-state index contributed by atoms with van der Waals surface area (Å²) in [6, 6.07) is 18.8. The Morgan fingerprint density at radius 3 is 2.52 bits per heavy atom. The Bertz CT molecular complexity index is 1120. The van der Waals surface area contributed by atoms with E-state index >= 15 is 0 Å². The summed E-state index contributed by atoms with van der Waals surface area (Å²) in [6.45, 7) is 1.48. The van der Waals surface area contributed by atoms with Gasteiger partial charge in [-0.2, -0.15) is 0 Å². The predicted molar refractivity (Wildman–Crippen MR) is 126 cm³/mol. The molecule has 0 heterocycles. The molecular weight excluding hydrogens is 482 g/mol. The van der Waals surface area contributed by atoms with Crippen molar-refractivity contribution in [1.82, 2.24) is 16.2 Å². The van der Waals surface area contributed by atoms with Crippen LogP contribution in [0.25, 0.3) is 10.8 Å². The van der Waals surface area contributed by atoms with Crippen LogP contribution in [0.1, 0.15) is 5.56 Å². The van der Waals surface area contributed by atoms with E-state index in [2.05, 4.69) is 32.1 Å². The number of fused-ring (bicyclic) bond motifs is 1. The third-order valence-corrected chi connectivity index (χ3v) is 5.14. The lowest BCUT2D eigenvalue weighted by Gasteiger charge is -2.13. The molecule has 0 unspecified atom stereocenters. The van der Waals surface area contributed by atoms with Crippen LogP contribution in [0.15, 0.2) is 65.1 Å². The highest BCUT2D eigenvalue weighted by Gasteiger charge is 2.10. The van der Waals surface area contributed by atoms with Crippen molar-refractivity contribution in [2.45, 2.75) is 6.92 Å². The van der Waals surface area contributed by atoms with Gasteiger partial charge < -0.3 is 9.47 Å². The number of ether oxygens (including phenoxy) is 2. The van der Waals surface area contributed by atoms with Gasteiger partial charge in [0.2, 0.25) is 0 Å². The van der Waals surface area contributed by atoms with Crippen molar-refractivity contribution in [3.05, 3.63) is 70.7 Å². The Morgan fingerprint density at radius 2 is 1.71 bits per heavy atom. The first-order valence-electron chi connectivity index (χ1n) is 9.30. The Balaban J connectivity index is 1.40. The number of carbonyl (C=O) groups is 2. The maximum absolute atomic E-state index is 12.1. The maximum Gasteiger partial charge on any atom is 0.276 e. The second-order valence-corrected chi connectivity index (χ2v) is 7.74. The average molecular weight is 502 g/mol. The van der Waals surface area contributed by atoms with E-state index < -0.39 is 11.8 Å². The molecule has 0 aromatic heterocycles. The fourth-order valence-corrected chi connectivity index (χ4v) is 3.45. The molecule has 0 aliphatic carbocycles. The third-order valence-electron chi connectivity index (χ3n) is 4.11. The number of carbonyl (C=O) groups excluding carboxylic acids is 2. The molecule has 0 saturated carbocycles. The standard InChI is InChI=1S/C22H20BrN3O4S/c1-14-5-4-7-16(11-14)29-13-20(28)25-26-22(31)24-19(27)12-30-18-10-9-15-6-2-3-8-17(15)21(18)23/h2-11H,12-13H2,1H3,(H,25,28)(H2,24,26,27,31). The SMILES string of the molecule is Cc1cccc(OCC(=O)NNC(=S)NC(=O)COc2ccc3ccccc3c2Br)c1. The lowest BCUT2D eigenvalue weighted by atomic mass is 10.1. The molecule has 0 aliphatic rings. The number of hydrazine groups is 1. The number of hydrogen-bond donors (Lipinski definition) is 3. The van der Waals surface area contributed by atoms with Gasteiger partial charge in [-0.15, -0.1) is 0 Å². The second kappa shape index (κ2) is 10.7. The summed E-state index contributed by atoms with van der Waals surface area (Å²) >= 11 is 8.50. The molecule has 0 saturated heterocycles. The molecule has 7 nitrogen and oxygen atoms in total. The van der Waals surface area contributed by atoms with Crippen molar-refractivity contribution in [2.75, 3.05) is 13.2 Å². The molecule has 3 aromatic carbocycles. The minimum atomic E-state index is -0.470. The van der Waals surface area contributed by atoms with E-state index in [1.807, 2.05) is 55.5 Å². The molecule has 0 radical (unpaired) electrons. The molecule has 3 aromatic rings. The predicted octanol–water partition coefficient (Wildman–Crippen LogP) is 3.39. The van der Waals surface area contributed by atoms with Gasteiger partial charge in [0.15, 0.2) is 18.3 Å². The molecule has 0 aliphatic heterocycles. The molecule has 3 N–H and O–H groups in total. The van der Waals surface area contributed by atoms with Crippen molar-refractivity contribution in [3.63, 3.8) is 0 Å². The van der Waals surface area contributed by atoms with Gasteiger partial charge in [-0.1, -0.05) is 42.5 Å². The van der Waals surface area contributed by atoms with Crippen molar-refractivity contribution >= 4 is 55.8 Å². The Labute approximate surface area is 193 Å². The van der Waals surface area contributed by atoms with E-state index in [-0.39, 0.29) is 18.3 Å². The topological polar surface area (TPSA) is 88.7 Å². The summed E-state index contributed by atoms with van der Waals surface area (Å²) in [6.07, 6.45) is 0. The molecule has 160 valence electrons. The second-order valence-electron chi connectivity index (χ2n) is 6.54. The van der Waals surface area contributed by atoms with Crippen LogP contribution in [0.5, 0.6) is 11.5 Å². The number of halogens is 1. The maximum atomic E-state index is 12.1. The number of thiocarbonyl (C=S) groups is 1. The third kappa shape index (κ3) is 6.66. The molecule has 0 spiro atoms. The molecule has 0 bridgehead atoms. The zero-order valence-electron chi connectivity index (χ0n) is 16.6. The number of benzene rings is 3. The summed E-state index contributed by atoms with van der Waals surface area (Å²) in [5.41, 5.74) is 5.83. The summed E-state index contributed by atoms with van der Waals surface area (Å²) in [4.78, 5) is 23.9. The molecule has 31 heavy (non-hydrogen) atoms. The van der Waals surface area contributed by atoms with Gasteiger partial charge in [-0.3, -0.25) is 25.8 Å². The van der Waals surface area contributed by atoms with Gasteiger partial charge in [0.1, 0.15) is 11.5 Å². The molecule has 3 rings (SSSR count). The van der Waals surface area contributed by atoms with Crippen LogP contribution >= 0.6 is 28.1 Å². The van der Waals surface area contributed by atoms with Gasteiger partial charge in [0, 0.05) is 0 Å². The van der Waals surface area contributed by atoms with Crippen LogP contribution in [0.3, 0.4) is 0 Å². The van der Waals surface area contributed by atoms with Crippen molar-refractivity contribution in [3.8, 4) is 11.5 Å². The fraction of sp³-hybridized carbons (Fsp3) is 0.136. The van der Waals surface area contributed by atoms with Crippen LogP contribution in [-0.4, -0.2) is 30.1 Å². The molecule has 0 fully saturated rings. The zero-order chi connectivity index (χ0) is 22.2.